The zero-order valence-corrected chi connectivity index (χ0v) is 11.5. The molecule has 0 radical (unpaired) electrons. The molecule has 1 saturated heterocycles. The standard InChI is InChI=1S/C12H14ClNS2/c1-9(13)14-11(8-16-12(14)15)7-10-5-3-2-4-6-10/h2-6,9,11H,7-8H2,1H3/t9?,11-/m1/s1. The first kappa shape index (κ1) is 12.2. The van der Waals surface area contributed by atoms with E-state index in [4.69, 9.17) is 23.8 Å². The van der Waals surface area contributed by atoms with E-state index in [0.29, 0.717) is 6.04 Å². The van der Waals surface area contributed by atoms with Crippen LogP contribution < -0.4 is 0 Å². The van der Waals surface area contributed by atoms with Gasteiger partial charge in [-0.15, -0.1) is 0 Å². The highest BCUT2D eigenvalue weighted by molar-refractivity contribution is 8.23. The van der Waals surface area contributed by atoms with E-state index in [1.54, 1.807) is 11.8 Å². The summed E-state index contributed by atoms with van der Waals surface area (Å²) >= 11 is 13.2. The van der Waals surface area contributed by atoms with E-state index in [9.17, 15) is 0 Å². The Morgan fingerprint density at radius 3 is 2.81 bits per heavy atom. The topological polar surface area (TPSA) is 3.24 Å². The van der Waals surface area contributed by atoms with Crippen molar-refractivity contribution in [1.82, 2.24) is 4.90 Å². The summed E-state index contributed by atoms with van der Waals surface area (Å²) in [5.41, 5.74) is 1.33. The summed E-state index contributed by atoms with van der Waals surface area (Å²) < 4.78 is 0.934. The summed E-state index contributed by atoms with van der Waals surface area (Å²) in [5.74, 6) is 1.05. The van der Waals surface area contributed by atoms with Crippen molar-refractivity contribution in [3.63, 3.8) is 0 Å². The zero-order chi connectivity index (χ0) is 11.5. The van der Waals surface area contributed by atoms with Crippen molar-refractivity contribution in [1.29, 1.82) is 0 Å². The van der Waals surface area contributed by atoms with E-state index >= 15 is 0 Å². The van der Waals surface area contributed by atoms with Crippen molar-refractivity contribution >= 4 is 39.9 Å². The highest BCUT2D eigenvalue weighted by Crippen LogP contribution is 2.29. The van der Waals surface area contributed by atoms with E-state index in [-0.39, 0.29) is 5.50 Å². The Hall–Kier alpha value is -0.250. The second-order valence-electron chi connectivity index (χ2n) is 3.90. The highest BCUT2D eigenvalue weighted by atomic mass is 35.5. The molecule has 2 rings (SSSR count). The van der Waals surface area contributed by atoms with Crippen molar-refractivity contribution in [2.24, 2.45) is 0 Å². The number of alkyl halides is 1. The molecule has 0 aliphatic carbocycles. The van der Waals surface area contributed by atoms with Gasteiger partial charge in [0.05, 0.1) is 0 Å². The maximum Gasteiger partial charge on any atom is 0.137 e. The normalized spacial score (nSPS) is 22.5. The fourth-order valence-electron chi connectivity index (χ4n) is 1.95. The van der Waals surface area contributed by atoms with Crippen molar-refractivity contribution in [3.8, 4) is 0 Å². The lowest BCUT2D eigenvalue weighted by Gasteiger charge is -2.28. The number of hydrogen-bond donors (Lipinski definition) is 0. The predicted octanol–water partition coefficient (Wildman–Crippen LogP) is 3.52. The van der Waals surface area contributed by atoms with E-state index in [1.165, 1.54) is 5.56 Å². The molecule has 2 atom stereocenters. The number of thioether (sulfide) groups is 1. The van der Waals surface area contributed by atoms with Crippen LogP contribution in [0.4, 0.5) is 0 Å². The van der Waals surface area contributed by atoms with Crippen LogP contribution in [-0.4, -0.2) is 26.5 Å². The fourth-order valence-corrected chi connectivity index (χ4v) is 3.90. The third-order valence-electron chi connectivity index (χ3n) is 2.70. The molecule has 0 amide bonds. The monoisotopic (exact) mass is 271 g/mol. The molecule has 0 spiro atoms. The van der Waals surface area contributed by atoms with Crippen LogP contribution in [-0.2, 0) is 6.42 Å². The van der Waals surface area contributed by atoms with E-state index in [2.05, 4.69) is 29.2 Å². The Bertz CT molecular complexity index is 367. The number of thiocarbonyl (C=S) groups is 1. The van der Waals surface area contributed by atoms with Gasteiger partial charge in [-0.1, -0.05) is 65.9 Å². The van der Waals surface area contributed by atoms with Crippen molar-refractivity contribution < 1.29 is 0 Å². The Balaban J connectivity index is 2.07. The van der Waals surface area contributed by atoms with Crippen LogP contribution in [0.15, 0.2) is 30.3 Å². The molecule has 0 N–H and O–H groups in total. The molecular weight excluding hydrogens is 258 g/mol. The Kier molecular flexibility index (Phi) is 4.11. The van der Waals surface area contributed by atoms with Gasteiger partial charge in [0.15, 0.2) is 0 Å². The molecule has 1 unspecified atom stereocenters. The third-order valence-corrected chi connectivity index (χ3v) is 4.48. The van der Waals surface area contributed by atoms with Crippen molar-refractivity contribution in [3.05, 3.63) is 35.9 Å². The lowest BCUT2D eigenvalue weighted by Crippen LogP contribution is -2.38. The van der Waals surface area contributed by atoms with Crippen molar-refractivity contribution in [2.75, 3.05) is 5.75 Å². The van der Waals surface area contributed by atoms with Gasteiger partial charge in [0.1, 0.15) is 9.82 Å². The van der Waals surface area contributed by atoms with Gasteiger partial charge in [-0.2, -0.15) is 0 Å². The summed E-state index contributed by atoms with van der Waals surface area (Å²) in [6.07, 6.45) is 1.02. The molecule has 4 heteroatoms. The first-order valence-electron chi connectivity index (χ1n) is 5.31. The minimum absolute atomic E-state index is 0.0174. The van der Waals surface area contributed by atoms with Crippen LogP contribution in [0.25, 0.3) is 0 Å². The van der Waals surface area contributed by atoms with Crippen LogP contribution in [0.1, 0.15) is 12.5 Å². The minimum Gasteiger partial charge on any atom is -0.337 e. The lowest BCUT2D eigenvalue weighted by molar-refractivity contribution is 0.342. The number of benzene rings is 1. The summed E-state index contributed by atoms with van der Waals surface area (Å²) in [6.45, 7) is 1.98. The number of nitrogens with zero attached hydrogens (tertiary/aromatic N) is 1. The van der Waals surface area contributed by atoms with Crippen LogP contribution in [0.5, 0.6) is 0 Å². The smallest absolute Gasteiger partial charge is 0.137 e. The summed E-state index contributed by atoms with van der Waals surface area (Å²) in [4.78, 5) is 2.15. The predicted molar refractivity (Wildman–Crippen MR) is 76.1 cm³/mol. The highest BCUT2D eigenvalue weighted by Gasteiger charge is 2.31. The minimum atomic E-state index is -0.0174. The van der Waals surface area contributed by atoms with Crippen LogP contribution in [0, 0.1) is 0 Å². The van der Waals surface area contributed by atoms with Gasteiger partial charge in [0.25, 0.3) is 0 Å². The van der Waals surface area contributed by atoms with Gasteiger partial charge in [-0.3, -0.25) is 0 Å². The van der Waals surface area contributed by atoms with E-state index in [0.717, 1.165) is 16.5 Å². The molecule has 1 nitrogen and oxygen atoms in total. The summed E-state index contributed by atoms with van der Waals surface area (Å²) in [5, 5.41) is 0. The summed E-state index contributed by atoms with van der Waals surface area (Å²) in [7, 11) is 0. The second kappa shape index (κ2) is 5.39. The van der Waals surface area contributed by atoms with Gasteiger partial charge in [-0.05, 0) is 18.9 Å². The molecule has 1 aromatic rings. The third kappa shape index (κ3) is 2.70. The number of halogens is 1. The fraction of sp³-hybridized carbons (Fsp3) is 0.417. The first-order valence-corrected chi connectivity index (χ1v) is 7.14. The van der Waals surface area contributed by atoms with Crippen LogP contribution >= 0.6 is 35.6 Å². The Morgan fingerprint density at radius 2 is 2.19 bits per heavy atom. The number of rotatable bonds is 3. The van der Waals surface area contributed by atoms with Crippen molar-refractivity contribution in [2.45, 2.75) is 24.9 Å². The second-order valence-corrected chi connectivity index (χ2v) is 6.19. The van der Waals surface area contributed by atoms with E-state index in [1.807, 2.05) is 13.0 Å². The van der Waals surface area contributed by atoms with Gasteiger partial charge < -0.3 is 4.90 Å². The Labute approximate surface area is 111 Å². The van der Waals surface area contributed by atoms with Gasteiger partial charge in [-0.25, -0.2) is 0 Å². The van der Waals surface area contributed by atoms with Gasteiger partial charge in [0, 0.05) is 11.8 Å². The SMILES string of the molecule is CC(Cl)N1C(=S)SC[C@H]1Cc1ccccc1. The molecule has 1 fully saturated rings. The summed E-state index contributed by atoms with van der Waals surface area (Å²) in [6, 6.07) is 10.9. The zero-order valence-electron chi connectivity index (χ0n) is 9.10. The molecule has 1 aliphatic heterocycles. The molecule has 1 heterocycles. The average molecular weight is 272 g/mol. The van der Waals surface area contributed by atoms with E-state index < -0.39 is 0 Å². The first-order chi connectivity index (χ1) is 7.68. The maximum atomic E-state index is 6.16. The molecule has 16 heavy (non-hydrogen) atoms. The molecule has 1 aliphatic rings. The molecular formula is C12H14ClNS2. The number of hydrogen-bond acceptors (Lipinski definition) is 2. The average Bonchev–Trinajstić information content (AvgIpc) is 2.61. The maximum absolute atomic E-state index is 6.16. The largest absolute Gasteiger partial charge is 0.337 e. The van der Waals surface area contributed by atoms with Crippen LogP contribution in [0.3, 0.4) is 0 Å². The molecule has 0 aromatic heterocycles. The lowest BCUT2D eigenvalue weighted by atomic mass is 10.1. The molecule has 0 saturated carbocycles. The molecule has 0 bridgehead atoms. The van der Waals surface area contributed by atoms with Gasteiger partial charge >= 0.3 is 0 Å². The quantitative estimate of drug-likeness (QED) is 0.471. The Morgan fingerprint density at radius 1 is 1.50 bits per heavy atom. The van der Waals surface area contributed by atoms with Crippen LogP contribution in [0.2, 0.25) is 0 Å². The molecule has 86 valence electrons. The molecule has 1 aromatic carbocycles. The van der Waals surface area contributed by atoms with Gasteiger partial charge in [0.2, 0.25) is 0 Å².